The summed E-state index contributed by atoms with van der Waals surface area (Å²) in [7, 11) is -3.49. The minimum Gasteiger partial charge on any atom is -0.207 e. The van der Waals surface area contributed by atoms with Crippen molar-refractivity contribution in [1.29, 1.82) is 0 Å². The van der Waals surface area contributed by atoms with Crippen molar-refractivity contribution >= 4 is 47.4 Å². The van der Waals surface area contributed by atoms with E-state index in [0.717, 1.165) is 20.1 Å². The van der Waals surface area contributed by atoms with E-state index in [1.807, 2.05) is 29.6 Å². The number of thiophene rings is 1. The molecule has 0 radical (unpaired) electrons. The second kappa shape index (κ2) is 5.88. The predicted molar refractivity (Wildman–Crippen MR) is 90.0 cm³/mol. The Bertz CT molecular complexity index is 870. The highest BCUT2D eigenvalue weighted by Gasteiger charge is 2.14. The fourth-order valence-corrected chi connectivity index (χ4v) is 4.27. The summed E-state index contributed by atoms with van der Waals surface area (Å²) in [5, 5.41) is 3.09. The first-order chi connectivity index (χ1) is 10.1. The van der Waals surface area contributed by atoms with E-state index in [4.69, 9.17) is 0 Å². The Morgan fingerprint density at radius 3 is 2.52 bits per heavy atom. The van der Waals surface area contributed by atoms with Crippen LogP contribution in [0, 0.1) is 0 Å². The third-order valence-corrected chi connectivity index (χ3v) is 6.10. The summed E-state index contributed by atoms with van der Waals surface area (Å²) in [5.74, 6) is 0. The summed E-state index contributed by atoms with van der Waals surface area (Å²) in [4.78, 5) is 0.269. The Morgan fingerprint density at radius 2 is 1.76 bits per heavy atom. The molecule has 0 bridgehead atoms. The zero-order chi connectivity index (χ0) is 14.9. The van der Waals surface area contributed by atoms with Gasteiger partial charge in [0.2, 0.25) is 10.0 Å². The van der Waals surface area contributed by atoms with Crippen molar-refractivity contribution in [3.8, 4) is 0 Å². The van der Waals surface area contributed by atoms with Crippen LogP contribution in [-0.2, 0) is 16.6 Å². The lowest BCUT2D eigenvalue weighted by Gasteiger charge is -2.06. The lowest BCUT2D eigenvalue weighted by atomic mass is 10.2. The highest BCUT2D eigenvalue weighted by atomic mass is 79.9. The van der Waals surface area contributed by atoms with Crippen LogP contribution in [0.15, 0.2) is 63.3 Å². The van der Waals surface area contributed by atoms with E-state index in [0.29, 0.717) is 6.54 Å². The highest BCUT2D eigenvalue weighted by Crippen LogP contribution is 2.25. The van der Waals surface area contributed by atoms with Crippen LogP contribution in [0.5, 0.6) is 0 Å². The largest absolute Gasteiger partial charge is 0.240 e. The normalized spacial score (nSPS) is 11.9. The molecule has 3 rings (SSSR count). The number of fused-ring (bicyclic) bond motifs is 1. The van der Waals surface area contributed by atoms with E-state index in [1.165, 1.54) is 0 Å². The average molecular weight is 382 g/mol. The van der Waals surface area contributed by atoms with Gasteiger partial charge in [-0.2, -0.15) is 0 Å². The maximum atomic E-state index is 12.3. The van der Waals surface area contributed by atoms with E-state index >= 15 is 0 Å². The Labute approximate surface area is 135 Å². The molecule has 1 heterocycles. The van der Waals surface area contributed by atoms with Crippen LogP contribution < -0.4 is 4.72 Å². The third kappa shape index (κ3) is 3.18. The third-order valence-electron chi connectivity index (χ3n) is 3.14. The van der Waals surface area contributed by atoms with Gasteiger partial charge in [-0.05, 0) is 46.7 Å². The van der Waals surface area contributed by atoms with Crippen molar-refractivity contribution in [1.82, 2.24) is 4.72 Å². The minimum absolute atomic E-state index is 0.269. The zero-order valence-corrected chi connectivity index (χ0v) is 14.1. The van der Waals surface area contributed by atoms with E-state index < -0.39 is 10.0 Å². The van der Waals surface area contributed by atoms with Gasteiger partial charge in [0.1, 0.15) is 0 Å². The molecule has 6 heteroatoms. The predicted octanol–water partition coefficient (Wildman–Crippen LogP) is 4.14. The van der Waals surface area contributed by atoms with Gasteiger partial charge in [-0.1, -0.05) is 34.1 Å². The van der Waals surface area contributed by atoms with Gasteiger partial charge >= 0.3 is 0 Å². The molecule has 0 fully saturated rings. The molecule has 0 unspecified atom stereocenters. The van der Waals surface area contributed by atoms with Crippen molar-refractivity contribution in [3.63, 3.8) is 0 Å². The van der Waals surface area contributed by atoms with Gasteiger partial charge in [0.15, 0.2) is 0 Å². The van der Waals surface area contributed by atoms with Gasteiger partial charge in [0.25, 0.3) is 0 Å². The maximum Gasteiger partial charge on any atom is 0.240 e. The van der Waals surface area contributed by atoms with Gasteiger partial charge in [-0.15, -0.1) is 11.3 Å². The van der Waals surface area contributed by atoms with E-state index in [2.05, 4.69) is 20.7 Å². The molecule has 108 valence electrons. The lowest BCUT2D eigenvalue weighted by molar-refractivity contribution is 0.581. The van der Waals surface area contributed by atoms with Crippen LogP contribution in [0.25, 0.3) is 10.1 Å². The number of nitrogens with one attached hydrogen (secondary N) is 1. The molecule has 0 aliphatic carbocycles. The first-order valence-electron chi connectivity index (χ1n) is 6.26. The molecule has 0 spiro atoms. The SMILES string of the molecule is O=S(=O)(NCc1csc2ccccc12)c1ccc(Br)cc1. The monoisotopic (exact) mass is 381 g/mol. The molecule has 1 N–H and O–H groups in total. The number of hydrogen-bond donors (Lipinski definition) is 1. The number of benzene rings is 2. The van der Waals surface area contributed by atoms with Gasteiger partial charge in [0.05, 0.1) is 4.90 Å². The van der Waals surface area contributed by atoms with Crippen LogP contribution in [0.4, 0.5) is 0 Å². The standard InChI is InChI=1S/C15H12BrNO2S2/c16-12-5-7-13(8-6-12)21(18,19)17-9-11-10-20-15-4-2-1-3-14(11)15/h1-8,10,17H,9H2. The van der Waals surface area contributed by atoms with Crippen LogP contribution in [0.1, 0.15) is 5.56 Å². The van der Waals surface area contributed by atoms with Crippen LogP contribution in [-0.4, -0.2) is 8.42 Å². The average Bonchev–Trinajstić information content (AvgIpc) is 2.89. The van der Waals surface area contributed by atoms with Crippen molar-refractivity contribution in [2.45, 2.75) is 11.4 Å². The van der Waals surface area contributed by atoms with Gasteiger partial charge in [0, 0.05) is 15.7 Å². The van der Waals surface area contributed by atoms with Crippen molar-refractivity contribution in [2.75, 3.05) is 0 Å². The molecular weight excluding hydrogens is 370 g/mol. The molecule has 3 aromatic rings. The Balaban J connectivity index is 1.82. The Hall–Kier alpha value is -1.21. The highest BCUT2D eigenvalue weighted by molar-refractivity contribution is 9.10. The molecule has 0 aliphatic rings. The molecule has 0 atom stereocenters. The summed E-state index contributed by atoms with van der Waals surface area (Å²) in [6.45, 7) is 0.294. The smallest absolute Gasteiger partial charge is 0.207 e. The minimum atomic E-state index is -3.49. The molecule has 0 saturated heterocycles. The molecule has 0 amide bonds. The molecule has 1 aromatic heterocycles. The fraction of sp³-hybridized carbons (Fsp3) is 0.0667. The van der Waals surface area contributed by atoms with Crippen LogP contribution in [0.3, 0.4) is 0 Å². The summed E-state index contributed by atoms with van der Waals surface area (Å²) >= 11 is 4.92. The van der Waals surface area contributed by atoms with Crippen LogP contribution in [0.2, 0.25) is 0 Å². The molecule has 0 saturated carbocycles. The van der Waals surface area contributed by atoms with Crippen molar-refractivity contribution in [3.05, 3.63) is 63.9 Å². The Morgan fingerprint density at radius 1 is 1.05 bits per heavy atom. The lowest BCUT2D eigenvalue weighted by Crippen LogP contribution is -2.23. The van der Waals surface area contributed by atoms with Gasteiger partial charge < -0.3 is 0 Å². The summed E-state index contributed by atoms with van der Waals surface area (Å²) in [6.07, 6.45) is 0. The summed E-state index contributed by atoms with van der Waals surface area (Å²) in [6, 6.07) is 14.6. The van der Waals surface area contributed by atoms with E-state index in [9.17, 15) is 8.42 Å². The van der Waals surface area contributed by atoms with Gasteiger partial charge in [-0.25, -0.2) is 13.1 Å². The molecule has 2 aromatic carbocycles. The number of halogens is 1. The second-order valence-electron chi connectivity index (χ2n) is 4.54. The topological polar surface area (TPSA) is 46.2 Å². The van der Waals surface area contributed by atoms with E-state index in [-0.39, 0.29) is 4.90 Å². The number of rotatable bonds is 4. The molecule has 3 nitrogen and oxygen atoms in total. The van der Waals surface area contributed by atoms with Crippen molar-refractivity contribution in [2.24, 2.45) is 0 Å². The number of sulfonamides is 1. The first kappa shape index (κ1) is 14.7. The van der Waals surface area contributed by atoms with Crippen molar-refractivity contribution < 1.29 is 8.42 Å². The van der Waals surface area contributed by atoms with Crippen LogP contribution >= 0.6 is 27.3 Å². The molecule has 21 heavy (non-hydrogen) atoms. The summed E-state index contributed by atoms with van der Waals surface area (Å²) in [5.41, 5.74) is 0.997. The fourth-order valence-electron chi connectivity index (χ4n) is 2.04. The zero-order valence-electron chi connectivity index (χ0n) is 10.9. The molecular formula is C15H12BrNO2S2. The maximum absolute atomic E-state index is 12.3. The molecule has 0 aliphatic heterocycles. The quantitative estimate of drug-likeness (QED) is 0.737. The summed E-state index contributed by atoms with van der Waals surface area (Å²) < 4.78 is 29.2. The Kier molecular flexibility index (Phi) is 4.12. The number of hydrogen-bond acceptors (Lipinski definition) is 3. The second-order valence-corrected chi connectivity index (χ2v) is 8.13. The van der Waals surface area contributed by atoms with Gasteiger partial charge in [-0.3, -0.25) is 0 Å². The van der Waals surface area contributed by atoms with E-state index in [1.54, 1.807) is 35.6 Å². The first-order valence-corrected chi connectivity index (χ1v) is 9.42.